The Kier molecular flexibility index (Phi) is 6.01. The number of hydrogen-bond donors (Lipinski definition) is 3. The van der Waals surface area contributed by atoms with Crippen molar-refractivity contribution in [2.75, 3.05) is 17.2 Å². The van der Waals surface area contributed by atoms with Crippen LogP contribution in [0.4, 0.5) is 30.6 Å². The third-order valence-corrected chi connectivity index (χ3v) is 4.11. The molecule has 1 atom stereocenters. The molecule has 0 bridgehead atoms. The van der Waals surface area contributed by atoms with Gasteiger partial charge in [-0.15, -0.1) is 0 Å². The molecule has 0 aliphatic heterocycles. The van der Waals surface area contributed by atoms with Crippen molar-refractivity contribution in [2.24, 2.45) is 0 Å². The Morgan fingerprint density at radius 1 is 1.04 bits per heavy atom. The number of alkyl halides is 3. The first kappa shape index (κ1) is 19.9. The van der Waals surface area contributed by atoms with Gasteiger partial charge in [-0.1, -0.05) is 29.8 Å². The first-order valence-electron chi connectivity index (χ1n) is 8.26. The van der Waals surface area contributed by atoms with Gasteiger partial charge in [0.05, 0.1) is 11.7 Å². The maximum absolute atomic E-state index is 13.1. The molecule has 0 spiro atoms. The maximum atomic E-state index is 13.1. The van der Waals surface area contributed by atoms with Gasteiger partial charge in [-0.3, -0.25) is 0 Å². The SMILES string of the molecule is OC(CNc1ccnc(Nc2ccc(Cl)cc2)n1)c1ccccc1C(F)(F)F. The zero-order chi connectivity index (χ0) is 20.1. The van der Waals surface area contributed by atoms with E-state index in [-0.39, 0.29) is 18.1 Å². The highest BCUT2D eigenvalue weighted by Crippen LogP contribution is 2.34. The number of aliphatic hydroxyl groups excluding tert-OH is 1. The number of aliphatic hydroxyl groups is 1. The monoisotopic (exact) mass is 408 g/mol. The van der Waals surface area contributed by atoms with Crippen molar-refractivity contribution in [2.45, 2.75) is 12.3 Å². The lowest BCUT2D eigenvalue weighted by molar-refractivity contribution is -0.139. The van der Waals surface area contributed by atoms with Gasteiger partial charge in [0.2, 0.25) is 5.95 Å². The third-order valence-electron chi connectivity index (χ3n) is 3.86. The summed E-state index contributed by atoms with van der Waals surface area (Å²) in [4.78, 5) is 8.31. The second-order valence-electron chi connectivity index (χ2n) is 5.88. The number of hydrogen-bond acceptors (Lipinski definition) is 5. The second-order valence-corrected chi connectivity index (χ2v) is 6.32. The van der Waals surface area contributed by atoms with Gasteiger partial charge in [0.15, 0.2) is 0 Å². The Balaban J connectivity index is 1.67. The molecule has 0 fully saturated rings. The molecule has 146 valence electrons. The van der Waals surface area contributed by atoms with Gasteiger partial charge in [0, 0.05) is 23.5 Å². The summed E-state index contributed by atoms with van der Waals surface area (Å²) in [6, 6.07) is 13.4. The van der Waals surface area contributed by atoms with Crippen LogP contribution >= 0.6 is 11.6 Å². The molecule has 0 aliphatic rings. The Morgan fingerprint density at radius 3 is 2.46 bits per heavy atom. The number of rotatable bonds is 6. The largest absolute Gasteiger partial charge is 0.416 e. The molecule has 9 heteroatoms. The van der Waals surface area contributed by atoms with E-state index in [2.05, 4.69) is 20.6 Å². The van der Waals surface area contributed by atoms with Crippen LogP contribution in [-0.2, 0) is 6.18 Å². The molecule has 1 heterocycles. The van der Waals surface area contributed by atoms with Crippen molar-refractivity contribution in [3.63, 3.8) is 0 Å². The average molecular weight is 409 g/mol. The number of nitrogens with zero attached hydrogens (tertiary/aromatic N) is 2. The maximum Gasteiger partial charge on any atom is 0.416 e. The van der Waals surface area contributed by atoms with E-state index < -0.39 is 17.8 Å². The molecule has 5 nitrogen and oxygen atoms in total. The van der Waals surface area contributed by atoms with Crippen LogP contribution in [0.3, 0.4) is 0 Å². The van der Waals surface area contributed by atoms with Gasteiger partial charge in [-0.2, -0.15) is 18.2 Å². The number of aromatic nitrogens is 2. The lowest BCUT2D eigenvalue weighted by Gasteiger charge is -2.18. The van der Waals surface area contributed by atoms with E-state index in [1.165, 1.54) is 24.4 Å². The predicted octanol–water partition coefficient (Wildman–Crippen LogP) is 5.04. The van der Waals surface area contributed by atoms with E-state index in [9.17, 15) is 18.3 Å². The van der Waals surface area contributed by atoms with E-state index >= 15 is 0 Å². The van der Waals surface area contributed by atoms with Crippen LogP contribution in [0.1, 0.15) is 17.2 Å². The van der Waals surface area contributed by atoms with Gasteiger partial charge in [0.25, 0.3) is 0 Å². The van der Waals surface area contributed by atoms with Crippen molar-refractivity contribution in [3.8, 4) is 0 Å². The molecule has 0 saturated heterocycles. The van der Waals surface area contributed by atoms with E-state index in [1.807, 2.05) is 0 Å². The Hall–Kier alpha value is -2.84. The Bertz CT molecular complexity index is 935. The summed E-state index contributed by atoms with van der Waals surface area (Å²) < 4.78 is 39.3. The first-order valence-corrected chi connectivity index (χ1v) is 8.64. The zero-order valence-corrected chi connectivity index (χ0v) is 15.2. The van der Waals surface area contributed by atoms with Gasteiger partial charge in [-0.05, 0) is 42.0 Å². The summed E-state index contributed by atoms with van der Waals surface area (Å²) in [6.07, 6.45) is -4.41. The molecular formula is C19H16ClF3N4O. The molecule has 0 aliphatic carbocycles. The average Bonchev–Trinajstić information content (AvgIpc) is 2.67. The van der Waals surface area contributed by atoms with Crippen LogP contribution in [-0.4, -0.2) is 21.6 Å². The van der Waals surface area contributed by atoms with Gasteiger partial charge < -0.3 is 15.7 Å². The summed E-state index contributed by atoms with van der Waals surface area (Å²) in [5.74, 6) is 0.646. The highest BCUT2D eigenvalue weighted by atomic mass is 35.5. The topological polar surface area (TPSA) is 70.1 Å². The molecule has 28 heavy (non-hydrogen) atoms. The minimum atomic E-state index is -4.54. The summed E-state index contributed by atoms with van der Waals surface area (Å²) in [6.45, 7) is -0.148. The lowest BCUT2D eigenvalue weighted by Crippen LogP contribution is -2.18. The van der Waals surface area contributed by atoms with E-state index in [0.29, 0.717) is 10.8 Å². The van der Waals surface area contributed by atoms with E-state index in [0.717, 1.165) is 11.8 Å². The highest BCUT2D eigenvalue weighted by molar-refractivity contribution is 6.30. The molecule has 0 amide bonds. The number of halogens is 4. The molecule has 2 aromatic carbocycles. The molecule has 0 radical (unpaired) electrons. The standard InChI is InChI=1S/C19H16ClF3N4O/c20-12-5-7-13(8-6-12)26-18-24-10-9-17(27-18)25-11-16(28)14-3-1-2-4-15(14)19(21,22)23/h1-10,16,28H,11H2,(H2,24,25,26,27). The second kappa shape index (κ2) is 8.45. The van der Waals surface area contributed by atoms with Crippen LogP contribution in [0.2, 0.25) is 5.02 Å². The minimum absolute atomic E-state index is 0.148. The minimum Gasteiger partial charge on any atom is -0.387 e. The molecule has 1 aromatic heterocycles. The van der Waals surface area contributed by atoms with Crippen molar-refractivity contribution < 1.29 is 18.3 Å². The molecule has 3 N–H and O–H groups in total. The smallest absolute Gasteiger partial charge is 0.387 e. The van der Waals surface area contributed by atoms with E-state index in [1.54, 1.807) is 30.3 Å². The van der Waals surface area contributed by atoms with Crippen LogP contribution < -0.4 is 10.6 Å². The highest BCUT2D eigenvalue weighted by Gasteiger charge is 2.34. The molecule has 1 unspecified atom stereocenters. The number of benzene rings is 2. The fourth-order valence-corrected chi connectivity index (χ4v) is 2.66. The van der Waals surface area contributed by atoms with Gasteiger partial charge in [-0.25, -0.2) is 4.98 Å². The molecule has 0 saturated carbocycles. The van der Waals surface area contributed by atoms with Crippen molar-refractivity contribution in [1.82, 2.24) is 9.97 Å². The lowest BCUT2D eigenvalue weighted by atomic mass is 10.0. The number of anilines is 3. The van der Waals surface area contributed by atoms with Gasteiger partial charge in [0.1, 0.15) is 5.82 Å². The molecular weight excluding hydrogens is 393 g/mol. The number of nitrogens with one attached hydrogen (secondary N) is 2. The quantitative estimate of drug-likeness (QED) is 0.533. The fourth-order valence-electron chi connectivity index (χ4n) is 2.54. The Labute approximate surface area is 164 Å². The van der Waals surface area contributed by atoms with Crippen LogP contribution in [0, 0.1) is 0 Å². The third kappa shape index (κ3) is 5.11. The molecule has 3 aromatic rings. The van der Waals surface area contributed by atoms with Crippen molar-refractivity contribution in [3.05, 3.63) is 76.9 Å². The van der Waals surface area contributed by atoms with Crippen LogP contribution in [0.25, 0.3) is 0 Å². The fraction of sp³-hybridized carbons (Fsp3) is 0.158. The van der Waals surface area contributed by atoms with Crippen molar-refractivity contribution >= 4 is 29.1 Å². The van der Waals surface area contributed by atoms with E-state index in [4.69, 9.17) is 11.6 Å². The van der Waals surface area contributed by atoms with Crippen molar-refractivity contribution in [1.29, 1.82) is 0 Å². The first-order chi connectivity index (χ1) is 13.3. The Morgan fingerprint density at radius 2 is 1.75 bits per heavy atom. The van der Waals surface area contributed by atoms with Crippen LogP contribution in [0.15, 0.2) is 60.8 Å². The zero-order valence-electron chi connectivity index (χ0n) is 14.4. The normalized spacial score (nSPS) is 12.5. The van der Waals surface area contributed by atoms with Gasteiger partial charge >= 0.3 is 6.18 Å². The summed E-state index contributed by atoms with van der Waals surface area (Å²) >= 11 is 5.84. The molecule has 3 rings (SSSR count). The predicted molar refractivity (Wildman–Crippen MR) is 102 cm³/mol. The summed E-state index contributed by atoms with van der Waals surface area (Å²) in [5.41, 5.74) is -0.339. The van der Waals surface area contributed by atoms with Crippen LogP contribution in [0.5, 0.6) is 0 Å². The summed E-state index contributed by atoms with van der Waals surface area (Å²) in [5, 5.41) is 16.6. The summed E-state index contributed by atoms with van der Waals surface area (Å²) in [7, 11) is 0.